The maximum absolute atomic E-state index is 11.3. The molecule has 0 aliphatic carbocycles. The number of thiazole rings is 1. The highest BCUT2D eigenvalue weighted by Gasteiger charge is 2.41. The van der Waals surface area contributed by atoms with Crippen LogP contribution in [0.4, 0.5) is 0 Å². The van der Waals surface area contributed by atoms with Gasteiger partial charge in [-0.25, -0.2) is 4.98 Å². The van der Waals surface area contributed by atoms with Crippen molar-refractivity contribution in [1.82, 2.24) is 4.98 Å². The zero-order chi connectivity index (χ0) is 10.7. The number of aromatic nitrogens is 1. The van der Waals surface area contributed by atoms with Crippen molar-refractivity contribution in [3.8, 4) is 0 Å². The number of hydrogen-bond donors (Lipinski definition) is 1. The zero-order valence-electron chi connectivity index (χ0n) is 8.31. The molecule has 5 heteroatoms. The lowest BCUT2D eigenvalue weighted by atomic mass is 9.79. The Kier molecular flexibility index (Phi) is 3.02. The first kappa shape index (κ1) is 10.6. The molecular formula is C10H13NO3S. The maximum atomic E-state index is 11.3. The van der Waals surface area contributed by atoms with E-state index in [4.69, 9.17) is 4.74 Å². The molecule has 1 unspecified atom stereocenters. The minimum atomic E-state index is -0.768. The fourth-order valence-corrected chi connectivity index (χ4v) is 2.47. The van der Waals surface area contributed by atoms with Gasteiger partial charge in [0, 0.05) is 18.4 Å². The Morgan fingerprint density at radius 2 is 2.60 bits per heavy atom. The summed E-state index contributed by atoms with van der Waals surface area (Å²) in [6, 6.07) is 0. The summed E-state index contributed by atoms with van der Waals surface area (Å²) in [6.07, 6.45) is 1.97. The Labute approximate surface area is 91.9 Å². The minimum absolute atomic E-state index is 0.305. The number of aliphatic carboxylic acids is 1. The Hall–Kier alpha value is -0.940. The van der Waals surface area contributed by atoms with Crippen molar-refractivity contribution in [1.29, 1.82) is 0 Å². The Morgan fingerprint density at radius 3 is 3.13 bits per heavy atom. The van der Waals surface area contributed by atoms with Gasteiger partial charge in [0.2, 0.25) is 0 Å². The first-order chi connectivity index (χ1) is 7.23. The molecule has 4 nitrogen and oxygen atoms in total. The van der Waals surface area contributed by atoms with E-state index in [2.05, 4.69) is 4.98 Å². The van der Waals surface area contributed by atoms with Crippen molar-refractivity contribution < 1.29 is 14.6 Å². The van der Waals surface area contributed by atoms with Gasteiger partial charge in [-0.2, -0.15) is 0 Å². The molecule has 0 amide bonds. The van der Waals surface area contributed by atoms with Gasteiger partial charge in [-0.15, -0.1) is 11.3 Å². The number of carboxylic acid groups (broad SMARTS) is 1. The van der Waals surface area contributed by atoms with E-state index < -0.39 is 11.4 Å². The van der Waals surface area contributed by atoms with E-state index in [1.54, 1.807) is 5.51 Å². The lowest BCUT2D eigenvalue weighted by molar-refractivity contribution is -0.157. The van der Waals surface area contributed by atoms with Gasteiger partial charge in [-0.3, -0.25) is 4.79 Å². The fraction of sp³-hybridized carbons (Fsp3) is 0.600. The zero-order valence-corrected chi connectivity index (χ0v) is 9.13. The molecular weight excluding hydrogens is 214 g/mol. The van der Waals surface area contributed by atoms with Gasteiger partial charge in [0.25, 0.3) is 0 Å². The molecule has 2 rings (SSSR count). The molecule has 1 aliphatic heterocycles. The summed E-state index contributed by atoms with van der Waals surface area (Å²) in [5.74, 6) is -0.768. The first-order valence-electron chi connectivity index (χ1n) is 4.91. The molecule has 0 saturated carbocycles. The van der Waals surface area contributed by atoms with Crippen molar-refractivity contribution in [2.45, 2.75) is 19.3 Å². The average molecular weight is 227 g/mol. The minimum Gasteiger partial charge on any atom is -0.481 e. The molecule has 1 N–H and O–H groups in total. The average Bonchev–Trinajstić information content (AvgIpc) is 2.71. The molecule has 2 heterocycles. The van der Waals surface area contributed by atoms with Crippen molar-refractivity contribution >= 4 is 17.3 Å². The number of ether oxygens (including phenoxy) is 1. The smallest absolute Gasteiger partial charge is 0.312 e. The van der Waals surface area contributed by atoms with E-state index >= 15 is 0 Å². The van der Waals surface area contributed by atoms with Gasteiger partial charge in [-0.1, -0.05) is 0 Å². The van der Waals surface area contributed by atoms with E-state index in [1.807, 2.05) is 5.38 Å². The largest absolute Gasteiger partial charge is 0.481 e. The Balaban J connectivity index is 2.15. The molecule has 0 bridgehead atoms. The van der Waals surface area contributed by atoms with E-state index in [-0.39, 0.29) is 0 Å². The highest BCUT2D eigenvalue weighted by Crippen LogP contribution is 2.32. The molecule has 1 aliphatic rings. The van der Waals surface area contributed by atoms with Gasteiger partial charge in [0.05, 0.1) is 23.2 Å². The van der Waals surface area contributed by atoms with Crippen LogP contribution in [0.3, 0.4) is 0 Å². The van der Waals surface area contributed by atoms with Crippen LogP contribution in [0.1, 0.15) is 18.5 Å². The van der Waals surface area contributed by atoms with Crippen LogP contribution in [0.5, 0.6) is 0 Å². The molecule has 15 heavy (non-hydrogen) atoms. The molecule has 0 aromatic carbocycles. The monoisotopic (exact) mass is 227 g/mol. The molecule has 0 spiro atoms. The molecule has 0 radical (unpaired) electrons. The highest BCUT2D eigenvalue weighted by molar-refractivity contribution is 7.07. The molecule has 82 valence electrons. The number of carbonyl (C=O) groups is 1. The summed E-state index contributed by atoms with van der Waals surface area (Å²) in [5.41, 5.74) is 1.83. The number of carboxylic acids is 1. The topological polar surface area (TPSA) is 59.4 Å². The molecule has 1 aromatic heterocycles. The summed E-state index contributed by atoms with van der Waals surface area (Å²) in [6.45, 7) is 0.978. The van der Waals surface area contributed by atoms with Crippen LogP contribution in [0, 0.1) is 5.41 Å². The lowest BCUT2D eigenvalue weighted by Gasteiger charge is -2.32. The number of hydrogen-bond acceptors (Lipinski definition) is 4. The highest BCUT2D eigenvalue weighted by atomic mass is 32.1. The number of nitrogens with zero attached hydrogens (tertiary/aromatic N) is 1. The van der Waals surface area contributed by atoms with Crippen LogP contribution in [0.25, 0.3) is 0 Å². The maximum Gasteiger partial charge on any atom is 0.312 e. The van der Waals surface area contributed by atoms with E-state index in [0.29, 0.717) is 26.1 Å². The van der Waals surface area contributed by atoms with Gasteiger partial charge in [0.1, 0.15) is 0 Å². The van der Waals surface area contributed by atoms with Gasteiger partial charge in [-0.05, 0) is 12.8 Å². The molecule has 1 fully saturated rings. The van der Waals surface area contributed by atoms with E-state index in [1.165, 1.54) is 11.3 Å². The van der Waals surface area contributed by atoms with Crippen molar-refractivity contribution in [2.75, 3.05) is 13.2 Å². The van der Waals surface area contributed by atoms with Gasteiger partial charge >= 0.3 is 5.97 Å². The second-order valence-electron chi connectivity index (χ2n) is 3.90. The Morgan fingerprint density at radius 1 is 1.73 bits per heavy atom. The summed E-state index contributed by atoms with van der Waals surface area (Å²) >= 11 is 1.49. The normalized spacial score (nSPS) is 26.4. The summed E-state index contributed by atoms with van der Waals surface area (Å²) < 4.78 is 5.29. The third-order valence-corrected chi connectivity index (χ3v) is 3.41. The summed E-state index contributed by atoms with van der Waals surface area (Å²) in [5, 5.41) is 11.2. The van der Waals surface area contributed by atoms with E-state index in [9.17, 15) is 9.90 Å². The van der Waals surface area contributed by atoms with Crippen molar-refractivity contribution in [3.05, 3.63) is 16.6 Å². The second-order valence-corrected chi connectivity index (χ2v) is 4.62. The van der Waals surface area contributed by atoms with Crippen molar-refractivity contribution in [3.63, 3.8) is 0 Å². The fourth-order valence-electron chi connectivity index (χ4n) is 1.91. The predicted octanol–water partition coefficient (Wildman–Crippen LogP) is 1.57. The molecule has 1 atom stereocenters. The van der Waals surface area contributed by atoms with Crippen LogP contribution in [0.2, 0.25) is 0 Å². The van der Waals surface area contributed by atoms with Gasteiger partial charge in [0.15, 0.2) is 0 Å². The quantitative estimate of drug-likeness (QED) is 0.851. The Bertz CT molecular complexity index is 330. The summed E-state index contributed by atoms with van der Waals surface area (Å²) in [7, 11) is 0. The second kappa shape index (κ2) is 4.28. The SMILES string of the molecule is O=C(O)C1(Cc2cscn2)CCCOC1. The predicted molar refractivity (Wildman–Crippen MR) is 55.9 cm³/mol. The van der Waals surface area contributed by atoms with Gasteiger partial charge < -0.3 is 9.84 Å². The first-order valence-corrected chi connectivity index (χ1v) is 5.85. The number of rotatable bonds is 3. The summed E-state index contributed by atoms with van der Waals surface area (Å²) in [4.78, 5) is 15.4. The molecule has 1 saturated heterocycles. The van der Waals surface area contributed by atoms with Crippen LogP contribution >= 0.6 is 11.3 Å². The standard InChI is InChI=1S/C10H13NO3S/c12-9(13)10(2-1-3-14-6-10)4-8-5-15-7-11-8/h5,7H,1-4,6H2,(H,12,13). The van der Waals surface area contributed by atoms with E-state index in [0.717, 1.165) is 12.1 Å². The third kappa shape index (κ3) is 2.18. The third-order valence-electron chi connectivity index (χ3n) is 2.78. The lowest BCUT2D eigenvalue weighted by Crippen LogP contribution is -2.41. The van der Waals surface area contributed by atoms with Crippen LogP contribution < -0.4 is 0 Å². The van der Waals surface area contributed by atoms with Crippen LogP contribution in [-0.4, -0.2) is 29.3 Å². The van der Waals surface area contributed by atoms with Crippen molar-refractivity contribution in [2.24, 2.45) is 5.41 Å². The molecule has 1 aromatic rings. The van der Waals surface area contributed by atoms with Crippen LogP contribution in [-0.2, 0) is 16.0 Å². The van der Waals surface area contributed by atoms with Crippen LogP contribution in [0.15, 0.2) is 10.9 Å².